The molecule has 2 saturated heterocycles. The molecular weight excluding hydrogens is 333 g/mol. The van der Waals surface area contributed by atoms with Crippen molar-refractivity contribution in [3.63, 3.8) is 0 Å². The molecule has 26 heavy (non-hydrogen) atoms. The molecule has 142 valence electrons. The lowest BCUT2D eigenvalue weighted by Crippen LogP contribution is -2.48. The Kier molecular flexibility index (Phi) is 5.91. The number of hydrogen-bond donors (Lipinski definition) is 2. The molecule has 0 aliphatic carbocycles. The van der Waals surface area contributed by atoms with E-state index in [0.717, 1.165) is 38.8 Å². The lowest BCUT2D eigenvalue weighted by molar-refractivity contribution is -0.126. The van der Waals surface area contributed by atoms with Crippen molar-refractivity contribution in [1.29, 1.82) is 0 Å². The Morgan fingerprint density at radius 1 is 1.27 bits per heavy atom. The molecule has 6 heteroatoms. The van der Waals surface area contributed by atoms with E-state index in [2.05, 4.69) is 17.6 Å². The molecule has 0 spiro atoms. The van der Waals surface area contributed by atoms with Crippen LogP contribution in [0.4, 0.5) is 4.39 Å². The third-order valence-corrected chi connectivity index (χ3v) is 5.67. The van der Waals surface area contributed by atoms with Crippen LogP contribution in [0, 0.1) is 17.2 Å². The van der Waals surface area contributed by atoms with E-state index in [1.54, 1.807) is 4.90 Å². The average Bonchev–Trinajstić information content (AvgIpc) is 2.67. The highest BCUT2D eigenvalue weighted by Crippen LogP contribution is 2.27. The molecule has 5 nitrogen and oxygen atoms in total. The smallest absolute Gasteiger partial charge is 0.253 e. The van der Waals surface area contributed by atoms with Crippen LogP contribution in [0.15, 0.2) is 24.3 Å². The molecule has 0 radical (unpaired) electrons. The average molecular weight is 361 g/mol. The topological polar surface area (TPSA) is 61.4 Å². The van der Waals surface area contributed by atoms with Gasteiger partial charge in [-0.2, -0.15) is 0 Å². The Morgan fingerprint density at radius 2 is 1.96 bits per heavy atom. The first-order valence-electron chi connectivity index (χ1n) is 9.50. The minimum absolute atomic E-state index is 0.0429. The third kappa shape index (κ3) is 4.61. The van der Waals surface area contributed by atoms with Crippen LogP contribution in [0.25, 0.3) is 0 Å². The van der Waals surface area contributed by atoms with Gasteiger partial charge in [-0.15, -0.1) is 0 Å². The summed E-state index contributed by atoms with van der Waals surface area (Å²) < 4.78 is 13.0. The number of carbonyl (C=O) groups excluding carboxylic acids is 2. The largest absolute Gasteiger partial charge is 0.355 e. The Labute approximate surface area is 154 Å². The first-order valence-corrected chi connectivity index (χ1v) is 9.50. The monoisotopic (exact) mass is 361 g/mol. The summed E-state index contributed by atoms with van der Waals surface area (Å²) in [5.74, 6) is -0.614. The summed E-state index contributed by atoms with van der Waals surface area (Å²) in [6.45, 7) is 5.98. The van der Waals surface area contributed by atoms with Crippen molar-refractivity contribution in [3.8, 4) is 0 Å². The zero-order valence-corrected chi connectivity index (χ0v) is 15.4. The third-order valence-electron chi connectivity index (χ3n) is 5.67. The first-order chi connectivity index (χ1) is 12.5. The number of amides is 2. The molecule has 2 aliphatic heterocycles. The molecule has 3 rings (SSSR count). The molecule has 2 N–H and O–H groups in total. The maximum Gasteiger partial charge on any atom is 0.253 e. The van der Waals surface area contributed by atoms with Crippen molar-refractivity contribution >= 4 is 11.8 Å². The summed E-state index contributed by atoms with van der Waals surface area (Å²) in [7, 11) is 0. The van der Waals surface area contributed by atoms with Gasteiger partial charge < -0.3 is 15.5 Å². The van der Waals surface area contributed by atoms with Crippen LogP contribution in [0.1, 0.15) is 43.0 Å². The molecule has 2 heterocycles. The van der Waals surface area contributed by atoms with E-state index in [4.69, 9.17) is 0 Å². The van der Waals surface area contributed by atoms with Gasteiger partial charge in [0.2, 0.25) is 5.91 Å². The van der Waals surface area contributed by atoms with Gasteiger partial charge in [0.25, 0.3) is 5.91 Å². The highest BCUT2D eigenvalue weighted by molar-refractivity contribution is 5.94. The fourth-order valence-corrected chi connectivity index (χ4v) is 3.80. The summed E-state index contributed by atoms with van der Waals surface area (Å²) in [5, 5.41) is 6.46. The van der Waals surface area contributed by atoms with Crippen LogP contribution < -0.4 is 10.6 Å². The lowest BCUT2D eigenvalue weighted by atomic mass is 9.81. The second-order valence-electron chi connectivity index (χ2n) is 7.88. The highest BCUT2D eigenvalue weighted by Gasteiger charge is 2.31. The van der Waals surface area contributed by atoms with E-state index in [1.807, 2.05) is 0 Å². The van der Waals surface area contributed by atoms with Gasteiger partial charge in [-0.05, 0) is 68.5 Å². The normalized spacial score (nSPS) is 22.7. The fourth-order valence-electron chi connectivity index (χ4n) is 3.80. The molecule has 0 bridgehead atoms. The fraction of sp³-hybridized carbons (Fsp3) is 0.600. The number of halogens is 1. The van der Waals surface area contributed by atoms with Gasteiger partial charge in [-0.25, -0.2) is 4.39 Å². The van der Waals surface area contributed by atoms with Crippen LogP contribution in [0.5, 0.6) is 0 Å². The molecule has 1 unspecified atom stereocenters. The number of piperidine rings is 2. The Bertz CT molecular complexity index is 641. The SMILES string of the molecule is CC1(CNC(=O)C2CCCN(C(=O)c3ccc(F)cc3)C2)CCNCC1. The molecule has 1 aromatic carbocycles. The van der Waals surface area contributed by atoms with E-state index in [0.29, 0.717) is 25.2 Å². The van der Waals surface area contributed by atoms with Crippen molar-refractivity contribution in [3.05, 3.63) is 35.6 Å². The van der Waals surface area contributed by atoms with E-state index in [1.165, 1.54) is 24.3 Å². The number of carbonyl (C=O) groups is 2. The Balaban J connectivity index is 1.54. The predicted molar refractivity (Wildman–Crippen MR) is 98.2 cm³/mol. The van der Waals surface area contributed by atoms with Gasteiger partial charge >= 0.3 is 0 Å². The zero-order chi connectivity index (χ0) is 18.6. The maximum absolute atomic E-state index is 13.0. The van der Waals surface area contributed by atoms with Gasteiger partial charge in [0.05, 0.1) is 5.92 Å². The number of nitrogens with one attached hydrogen (secondary N) is 2. The van der Waals surface area contributed by atoms with Crippen molar-refractivity contribution in [2.24, 2.45) is 11.3 Å². The van der Waals surface area contributed by atoms with Crippen LogP contribution in [-0.2, 0) is 4.79 Å². The van der Waals surface area contributed by atoms with Gasteiger partial charge in [0, 0.05) is 25.2 Å². The van der Waals surface area contributed by atoms with Crippen LogP contribution in [0.3, 0.4) is 0 Å². The molecule has 1 atom stereocenters. The highest BCUT2D eigenvalue weighted by atomic mass is 19.1. The summed E-state index contributed by atoms with van der Waals surface area (Å²) in [6.07, 6.45) is 3.74. The molecule has 0 saturated carbocycles. The number of rotatable bonds is 4. The minimum atomic E-state index is -0.358. The number of nitrogens with zero attached hydrogens (tertiary/aromatic N) is 1. The maximum atomic E-state index is 13.0. The molecule has 1 aromatic rings. The summed E-state index contributed by atoms with van der Waals surface area (Å²) in [6, 6.07) is 5.58. The molecule has 2 aliphatic rings. The Hall–Kier alpha value is -1.95. The number of hydrogen-bond acceptors (Lipinski definition) is 3. The van der Waals surface area contributed by atoms with Gasteiger partial charge in [0.1, 0.15) is 5.82 Å². The molecular formula is C20H28FN3O2. The van der Waals surface area contributed by atoms with Gasteiger partial charge in [-0.3, -0.25) is 9.59 Å². The van der Waals surface area contributed by atoms with E-state index in [-0.39, 0.29) is 29.0 Å². The Morgan fingerprint density at radius 3 is 2.65 bits per heavy atom. The summed E-state index contributed by atoms with van der Waals surface area (Å²) in [5.41, 5.74) is 0.619. The summed E-state index contributed by atoms with van der Waals surface area (Å²) in [4.78, 5) is 26.9. The second-order valence-corrected chi connectivity index (χ2v) is 7.88. The van der Waals surface area contributed by atoms with Crippen molar-refractivity contribution in [2.45, 2.75) is 32.6 Å². The van der Waals surface area contributed by atoms with Gasteiger partial charge in [0.15, 0.2) is 0 Å². The molecule has 2 amide bonds. The van der Waals surface area contributed by atoms with Crippen LogP contribution >= 0.6 is 0 Å². The predicted octanol–water partition coefficient (Wildman–Crippen LogP) is 2.18. The first kappa shape index (κ1) is 18.8. The minimum Gasteiger partial charge on any atom is -0.355 e. The van der Waals surface area contributed by atoms with Crippen LogP contribution in [0.2, 0.25) is 0 Å². The number of likely N-dealkylation sites (tertiary alicyclic amines) is 1. The standard InChI is InChI=1S/C20H28FN3O2/c1-20(8-10-22-11-9-20)14-23-18(25)16-3-2-12-24(13-16)19(26)15-4-6-17(21)7-5-15/h4-7,16,22H,2-3,8-14H2,1H3,(H,23,25). The van der Waals surface area contributed by atoms with E-state index >= 15 is 0 Å². The van der Waals surface area contributed by atoms with Crippen molar-refractivity contribution < 1.29 is 14.0 Å². The number of benzene rings is 1. The van der Waals surface area contributed by atoms with Crippen molar-refractivity contribution in [1.82, 2.24) is 15.5 Å². The van der Waals surface area contributed by atoms with Crippen LogP contribution in [-0.4, -0.2) is 49.4 Å². The van der Waals surface area contributed by atoms with Gasteiger partial charge in [-0.1, -0.05) is 6.92 Å². The lowest BCUT2D eigenvalue weighted by Gasteiger charge is -2.36. The second kappa shape index (κ2) is 8.16. The molecule has 2 fully saturated rings. The molecule has 0 aromatic heterocycles. The van der Waals surface area contributed by atoms with E-state index in [9.17, 15) is 14.0 Å². The quantitative estimate of drug-likeness (QED) is 0.864. The summed E-state index contributed by atoms with van der Waals surface area (Å²) >= 11 is 0. The van der Waals surface area contributed by atoms with E-state index < -0.39 is 0 Å². The van der Waals surface area contributed by atoms with Crippen molar-refractivity contribution in [2.75, 3.05) is 32.7 Å². The zero-order valence-electron chi connectivity index (χ0n) is 15.4.